The molecule has 0 amide bonds. The third-order valence-corrected chi connectivity index (χ3v) is 4.12. The van der Waals surface area contributed by atoms with Crippen molar-refractivity contribution in [3.63, 3.8) is 0 Å². The van der Waals surface area contributed by atoms with Crippen LogP contribution < -0.4 is 0 Å². The molecule has 0 radical (unpaired) electrons. The maximum atomic E-state index is 11.7. The number of unbranched alkanes of at least 4 members (excludes halogenated alkanes) is 5. The van der Waals surface area contributed by atoms with Crippen LogP contribution >= 0.6 is 11.6 Å². The molecule has 1 unspecified atom stereocenters. The molecule has 0 aliphatic rings. The van der Waals surface area contributed by atoms with Gasteiger partial charge < -0.3 is 9.47 Å². The summed E-state index contributed by atoms with van der Waals surface area (Å²) in [7, 11) is 0. The lowest BCUT2D eigenvalue weighted by Crippen LogP contribution is -2.28. The lowest BCUT2D eigenvalue weighted by Gasteiger charge is -2.26. The van der Waals surface area contributed by atoms with Gasteiger partial charge in [0.1, 0.15) is 6.10 Å². The predicted molar refractivity (Wildman–Crippen MR) is 93.6 cm³/mol. The van der Waals surface area contributed by atoms with E-state index in [9.17, 15) is 9.59 Å². The molecule has 0 aliphatic carbocycles. The van der Waals surface area contributed by atoms with Gasteiger partial charge in [-0.05, 0) is 25.2 Å². The number of hydrogen-bond donors (Lipinski definition) is 0. The van der Waals surface area contributed by atoms with Crippen molar-refractivity contribution in [3.8, 4) is 0 Å². The summed E-state index contributed by atoms with van der Waals surface area (Å²) < 4.78 is 10.4. The highest BCUT2D eigenvalue weighted by Gasteiger charge is 2.23. The summed E-state index contributed by atoms with van der Waals surface area (Å²) in [5.74, 6) is 0.0605. The molecule has 0 saturated heterocycles. The predicted octanol–water partition coefficient (Wildman–Crippen LogP) is 4.87. The molecule has 0 aromatic carbocycles. The number of hydrogen-bond acceptors (Lipinski definition) is 4. The molecular weight excluding hydrogens is 316 g/mol. The summed E-state index contributed by atoms with van der Waals surface area (Å²) in [6.07, 6.45) is 6.48. The molecule has 1 atom stereocenters. The molecule has 0 aromatic rings. The standard InChI is InChI=1S/C18H33ClO4/c1-15(18(2,3)4)23-17(21)12-11-16(20)22-14-10-8-6-5-7-9-13-19/h15H,5-14H2,1-4H3. The van der Waals surface area contributed by atoms with Crippen molar-refractivity contribution in [1.29, 1.82) is 0 Å². The van der Waals surface area contributed by atoms with Crippen LogP contribution in [0.2, 0.25) is 0 Å². The Balaban J connectivity index is 3.58. The average Bonchev–Trinajstić information content (AvgIpc) is 2.47. The van der Waals surface area contributed by atoms with Crippen LogP contribution in [0, 0.1) is 5.41 Å². The van der Waals surface area contributed by atoms with Gasteiger partial charge in [0.25, 0.3) is 0 Å². The Morgan fingerprint density at radius 3 is 2.00 bits per heavy atom. The van der Waals surface area contributed by atoms with Crippen LogP contribution in [0.5, 0.6) is 0 Å². The molecule has 0 bridgehead atoms. The molecule has 5 heteroatoms. The molecule has 0 saturated carbocycles. The van der Waals surface area contributed by atoms with E-state index in [-0.39, 0.29) is 36.3 Å². The van der Waals surface area contributed by atoms with Gasteiger partial charge in [-0.1, -0.05) is 46.5 Å². The number of carbonyl (C=O) groups excluding carboxylic acids is 2. The molecule has 0 fully saturated rings. The van der Waals surface area contributed by atoms with E-state index in [4.69, 9.17) is 21.1 Å². The molecule has 4 nitrogen and oxygen atoms in total. The van der Waals surface area contributed by atoms with Crippen LogP contribution in [-0.2, 0) is 19.1 Å². The molecular formula is C18H33ClO4. The number of rotatable bonds is 12. The molecule has 0 heterocycles. The van der Waals surface area contributed by atoms with Crippen molar-refractivity contribution in [1.82, 2.24) is 0 Å². The largest absolute Gasteiger partial charge is 0.466 e. The Morgan fingerprint density at radius 1 is 0.913 bits per heavy atom. The molecule has 0 N–H and O–H groups in total. The Bertz CT molecular complexity index is 336. The van der Waals surface area contributed by atoms with Crippen LogP contribution in [0.3, 0.4) is 0 Å². The van der Waals surface area contributed by atoms with Crippen LogP contribution in [0.25, 0.3) is 0 Å². The third-order valence-electron chi connectivity index (χ3n) is 3.85. The van der Waals surface area contributed by atoms with E-state index in [1.165, 1.54) is 12.8 Å². The van der Waals surface area contributed by atoms with Crippen molar-refractivity contribution in [2.45, 2.75) is 85.2 Å². The van der Waals surface area contributed by atoms with E-state index in [1.807, 2.05) is 27.7 Å². The van der Waals surface area contributed by atoms with Gasteiger partial charge in [0.05, 0.1) is 19.4 Å². The van der Waals surface area contributed by atoms with Gasteiger partial charge in [0.2, 0.25) is 0 Å². The van der Waals surface area contributed by atoms with E-state index in [0.29, 0.717) is 6.61 Å². The Morgan fingerprint density at radius 2 is 1.43 bits per heavy atom. The van der Waals surface area contributed by atoms with Gasteiger partial charge in [-0.3, -0.25) is 9.59 Å². The van der Waals surface area contributed by atoms with Crippen molar-refractivity contribution in [3.05, 3.63) is 0 Å². The van der Waals surface area contributed by atoms with Crippen LogP contribution in [-0.4, -0.2) is 30.5 Å². The summed E-state index contributed by atoms with van der Waals surface area (Å²) in [6.45, 7) is 8.32. The number of alkyl halides is 1. The van der Waals surface area contributed by atoms with Crippen LogP contribution in [0.1, 0.15) is 79.1 Å². The van der Waals surface area contributed by atoms with E-state index in [0.717, 1.165) is 31.6 Å². The van der Waals surface area contributed by atoms with Gasteiger partial charge >= 0.3 is 11.9 Å². The molecule has 0 aliphatic heterocycles. The van der Waals surface area contributed by atoms with Crippen molar-refractivity contribution >= 4 is 23.5 Å². The van der Waals surface area contributed by atoms with Gasteiger partial charge in [-0.2, -0.15) is 0 Å². The van der Waals surface area contributed by atoms with Crippen molar-refractivity contribution in [2.24, 2.45) is 5.41 Å². The highest BCUT2D eigenvalue weighted by Crippen LogP contribution is 2.22. The second-order valence-corrected chi connectivity index (χ2v) is 7.41. The fraction of sp³-hybridized carbons (Fsp3) is 0.889. The zero-order valence-electron chi connectivity index (χ0n) is 15.2. The number of esters is 2. The second-order valence-electron chi connectivity index (χ2n) is 7.03. The summed E-state index contributed by atoms with van der Waals surface area (Å²) in [5.41, 5.74) is -0.0973. The van der Waals surface area contributed by atoms with Crippen LogP contribution in [0.4, 0.5) is 0 Å². The smallest absolute Gasteiger partial charge is 0.306 e. The number of carbonyl (C=O) groups is 2. The zero-order valence-corrected chi connectivity index (χ0v) is 15.9. The molecule has 0 spiro atoms. The van der Waals surface area contributed by atoms with Gasteiger partial charge in [0.15, 0.2) is 0 Å². The first-order valence-electron chi connectivity index (χ1n) is 8.68. The first-order chi connectivity index (χ1) is 10.8. The summed E-state index contributed by atoms with van der Waals surface area (Å²) in [6, 6.07) is 0. The zero-order chi connectivity index (χ0) is 17.7. The van der Waals surface area contributed by atoms with E-state index >= 15 is 0 Å². The van der Waals surface area contributed by atoms with Gasteiger partial charge in [-0.15, -0.1) is 11.6 Å². The quantitative estimate of drug-likeness (QED) is 0.287. The van der Waals surface area contributed by atoms with E-state index < -0.39 is 0 Å². The molecule has 0 rings (SSSR count). The lowest BCUT2D eigenvalue weighted by atomic mass is 9.90. The Kier molecular flexibility index (Phi) is 12.2. The van der Waals surface area contributed by atoms with E-state index in [2.05, 4.69) is 0 Å². The monoisotopic (exact) mass is 348 g/mol. The minimum absolute atomic E-state index is 0.0810. The first kappa shape index (κ1) is 22.2. The molecule has 23 heavy (non-hydrogen) atoms. The molecule has 0 aromatic heterocycles. The summed E-state index contributed by atoms with van der Waals surface area (Å²) in [4.78, 5) is 23.2. The number of halogens is 1. The van der Waals surface area contributed by atoms with Gasteiger partial charge in [-0.25, -0.2) is 0 Å². The van der Waals surface area contributed by atoms with Crippen molar-refractivity contribution in [2.75, 3.05) is 12.5 Å². The summed E-state index contributed by atoms with van der Waals surface area (Å²) >= 11 is 5.61. The first-order valence-corrected chi connectivity index (χ1v) is 9.22. The average molecular weight is 349 g/mol. The van der Waals surface area contributed by atoms with Crippen molar-refractivity contribution < 1.29 is 19.1 Å². The SMILES string of the molecule is CC(OC(=O)CCC(=O)OCCCCCCCCCl)C(C)(C)C. The Labute approximate surface area is 146 Å². The maximum Gasteiger partial charge on any atom is 0.306 e. The van der Waals surface area contributed by atoms with Gasteiger partial charge in [0, 0.05) is 5.88 Å². The highest BCUT2D eigenvalue weighted by atomic mass is 35.5. The molecule has 136 valence electrons. The fourth-order valence-corrected chi connectivity index (χ4v) is 1.99. The normalized spacial score (nSPS) is 12.7. The van der Waals surface area contributed by atoms with Crippen LogP contribution in [0.15, 0.2) is 0 Å². The number of ether oxygens (including phenoxy) is 2. The van der Waals surface area contributed by atoms with E-state index in [1.54, 1.807) is 0 Å². The Hall–Kier alpha value is -0.770. The third kappa shape index (κ3) is 13.4. The fourth-order valence-electron chi connectivity index (χ4n) is 1.80. The lowest BCUT2D eigenvalue weighted by molar-refractivity contribution is -0.156. The minimum Gasteiger partial charge on any atom is -0.466 e. The highest BCUT2D eigenvalue weighted by molar-refractivity contribution is 6.17. The minimum atomic E-state index is -0.344. The second kappa shape index (κ2) is 12.6. The topological polar surface area (TPSA) is 52.6 Å². The summed E-state index contributed by atoms with van der Waals surface area (Å²) in [5, 5.41) is 0. The maximum absolute atomic E-state index is 11.7.